The van der Waals surface area contributed by atoms with Crippen LogP contribution in [-0.2, 0) is 0 Å². The van der Waals surface area contributed by atoms with Crippen molar-refractivity contribution in [1.82, 2.24) is 15.0 Å². The molecule has 0 unspecified atom stereocenters. The highest BCUT2D eigenvalue weighted by molar-refractivity contribution is 9.11. The molecule has 1 rings (SSSR count). The van der Waals surface area contributed by atoms with Crippen molar-refractivity contribution < 1.29 is 0 Å². The molecule has 0 aliphatic heterocycles. The second-order valence-corrected chi connectivity index (χ2v) is 4.24. The number of hydrogen-bond donors (Lipinski definition) is 0. The van der Waals surface area contributed by atoms with Crippen LogP contribution in [-0.4, -0.2) is 20.7 Å². The van der Waals surface area contributed by atoms with Gasteiger partial charge in [0.05, 0.1) is 0 Å². The van der Waals surface area contributed by atoms with Crippen LogP contribution in [0.5, 0.6) is 0 Å². The summed E-state index contributed by atoms with van der Waals surface area (Å²) in [6.07, 6.45) is 0. The van der Waals surface area contributed by atoms with Crippen LogP contribution in [0.25, 0.3) is 0 Å². The molecule has 0 spiro atoms. The average Bonchev–Trinajstić information content (AvgIpc) is 1.85. The highest BCUT2D eigenvalue weighted by Gasteiger charge is 2.00. The standard InChI is InChI=1S/C5H5Br2N3S/c1-2-11-5-9-3(6)8-4(7)10-5/h2H2,1H3. The second kappa shape index (κ2) is 4.37. The van der Waals surface area contributed by atoms with E-state index < -0.39 is 0 Å². The van der Waals surface area contributed by atoms with Crippen LogP contribution < -0.4 is 0 Å². The zero-order chi connectivity index (χ0) is 8.27. The molecule has 0 fully saturated rings. The van der Waals surface area contributed by atoms with Crippen molar-refractivity contribution in [2.75, 3.05) is 5.75 Å². The summed E-state index contributed by atoms with van der Waals surface area (Å²) in [7, 11) is 0. The SMILES string of the molecule is CCSc1nc(Br)nc(Br)n1. The molecular formula is C5H5Br2N3S. The average molecular weight is 299 g/mol. The summed E-state index contributed by atoms with van der Waals surface area (Å²) < 4.78 is 1.13. The zero-order valence-corrected chi connectivity index (χ0v) is 9.70. The summed E-state index contributed by atoms with van der Waals surface area (Å²) in [6.45, 7) is 2.05. The van der Waals surface area contributed by atoms with Gasteiger partial charge in [0.1, 0.15) is 0 Å². The van der Waals surface area contributed by atoms with Crippen LogP contribution in [0.2, 0.25) is 0 Å². The van der Waals surface area contributed by atoms with E-state index in [0.717, 1.165) is 10.9 Å². The van der Waals surface area contributed by atoms with Gasteiger partial charge in [-0.15, -0.1) is 0 Å². The summed E-state index contributed by atoms with van der Waals surface area (Å²) in [5.74, 6) is 0.961. The minimum absolute atomic E-state index is 0.565. The summed E-state index contributed by atoms with van der Waals surface area (Å²) >= 11 is 7.94. The lowest BCUT2D eigenvalue weighted by atomic mass is 11.0. The fraction of sp³-hybridized carbons (Fsp3) is 0.400. The molecule has 1 aromatic heterocycles. The molecule has 0 aromatic carbocycles. The van der Waals surface area contributed by atoms with E-state index in [0.29, 0.717) is 9.47 Å². The third-order valence-corrected chi connectivity index (χ3v) is 2.27. The highest BCUT2D eigenvalue weighted by atomic mass is 79.9. The van der Waals surface area contributed by atoms with Crippen molar-refractivity contribution in [2.45, 2.75) is 12.1 Å². The van der Waals surface area contributed by atoms with E-state index in [-0.39, 0.29) is 0 Å². The van der Waals surface area contributed by atoms with E-state index in [9.17, 15) is 0 Å². The topological polar surface area (TPSA) is 38.7 Å². The molecule has 0 saturated carbocycles. The maximum Gasteiger partial charge on any atom is 0.201 e. The van der Waals surface area contributed by atoms with Gasteiger partial charge in [0.15, 0.2) is 5.16 Å². The molecule has 0 aliphatic rings. The predicted octanol–water partition coefficient (Wildman–Crippen LogP) is 2.51. The van der Waals surface area contributed by atoms with Gasteiger partial charge in [0, 0.05) is 0 Å². The summed E-state index contributed by atoms with van der Waals surface area (Å²) in [5, 5.41) is 0.737. The fourth-order valence-corrected chi connectivity index (χ4v) is 2.21. The van der Waals surface area contributed by atoms with Crippen molar-refractivity contribution in [3.8, 4) is 0 Å². The van der Waals surface area contributed by atoms with Gasteiger partial charge in [-0.2, -0.15) is 15.0 Å². The monoisotopic (exact) mass is 297 g/mol. The van der Waals surface area contributed by atoms with E-state index >= 15 is 0 Å². The minimum atomic E-state index is 0.565. The Morgan fingerprint density at radius 3 is 2.18 bits per heavy atom. The van der Waals surface area contributed by atoms with Crippen LogP contribution in [0, 0.1) is 0 Å². The van der Waals surface area contributed by atoms with Gasteiger partial charge in [-0.3, -0.25) is 0 Å². The molecule has 0 aliphatic carbocycles. The van der Waals surface area contributed by atoms with Crippen LogP contribution >= 0.6 is 43.6 Å². The highest BCUT2D eigenvalue weighted by Crippen LogP contribution is 2.16. The van der Waals surface area contributed by atoms with Crippen molar-refractivity contribution in [2.24, 2.45) is 0 Å². The van der Waals surface area contributed by atoms with Gasteiger partial charge < -0.3 is 0 Å². The van der Waals surface area contributed by atoms with Gasteiger partial charge in [0.25, 0.3) is 0 Å². The van der Waals surface area contributed by atoms with Crippen molar-refractivity contribution >= 4 is 43.6 Å². The van der Waals surface area contributed by atoms with Gasteiger partial charge in [-0.1, -0.05) is 18.7 Å². The molecule has 0 saturated heterocycles. The third-order valence-electron chi connectivity index (χ3n) is 0.834. The number of halogens is 2. The lowest BCUT2D eigenvalue weighted by molar-refractivity contribution is 0.851. The number of rotatable bonds is 2. The van der Waals surface area contributed by atoms with E-state index in [1.54, 1.807) is 11.8 Å². The van der Waals surface area contributed by atoms with E-state index in [1.165, 1.54) is 0 Å². The normalized spacial score (nSPS) is 10.1. The zero-order valence-electron chi connectivity index (χ0n) is 5.71. The Morgan fingerprint density at radius 2 is 1.73 bits per heavy atom. The van der Waals surface area contributed by atoms with E-state index in [4.69, 9.17) is 0 Å². The molecule has 60 valence electrons. The van der Waals surface area contributed by atoms with Crippen molar-refractivity contribution in [3.05, 3.63) is 9.47 Å². The Labute approximate surface area is 85.7 Å². The fourth-order valence-electron chi connectivity index (χ4n) is 0.503. The Balaban J connectivity index is 2.89. The second-order valence-electron chi connectivity index (χ2n) is 1.59. The molecule has 0 amide bonds. The quantitative estimate of drug-likeness (QED) is 0.787. The molecule has 0 bridgehead atoms. The largest absolute Gasteiger partial charge is 0.201 e. The van der Waals surface area contributed by atoms with Crippen LogP contribution in [0.4, 0.5) is 0 Å². The summed E-state index contributed by atoms with van der Waals surface area (Å²) in [6, 6.07) is 0. The van der Waals surface area contributed by atoms with Gasteiger partial charge in [0.2, 0.25) is 9.47 Å². The Hall–Kier alpha value is 0.320. The van der Waals surface area contributed by atoms with E-state index in [2.05, 4.69) is 53.7 Å². The van der Waals surface area contributed by atoms with Crippen LogP contribution in [0.3, 0.4) is 0 Å². The molecule has 3 nitrogen and oxygen atoms in total. The molecular weight excluding hydrogens is 294 g/mol. The Bertz CT molecular complexity index is 235. The summed E-state index contributed by atoms with van der Waals surface area (Å²) in [4.78, 5) is 12.0. The summed E-state index contributed by atoms with van der Waals surface area (Å²) in [5.41, 5.74) is 0. The first-order valence-electron chi connectivity index (χ1n) is 2.92. The van der Waals surface area contributed by atoms with Gasteiger partial charge in [-0.05, 0) is 37.6 Å². The predicted molar refractivity (Wildman–Crippen MR) is 51.6 cm³/mol. The Kier molecular flexibility index (Phi) is 3.74. The molecule has 1 aromatic rings. The Morgan fingerprint density at radius 1 is 1.18 bits per heavy atom. The minimum Gasteiger partial charge on any atom is -0.196 e. The molecule has 11 heavy (non-hydrogen) atoms. The maximum atomic E-state index is 4.05. The number of aromatic nitrogens is 3. The number of thioether (sulfide) groups is 1. The van der Waals surface area contributed by atoms with Crippen LogP contribution in [0.15, 0.2) is 14.6 Å². The number of nitrogens with zero attached hydrogens (tertiary/aromatic N) is 3. The smallest absolute Gasteiger partial charge is 0.196 e. The van der Waals surface area contributed by atoms with E-state index in [1.807, 2.05) is 0 Å². The first kappa shape index (κ1) is 9.41. The van der Waals surface area contributed by atoms with Crippen molar-refractivity contribution in [1.29, 1.82) is 0 Å². The number of hydrogen-bond acceptors (Lipinski definition) is 4. The third kappa shape index (κ3) is 3.04. The maximum absolute atomic E-state index is 4.05. The lowest BCUT2D eigenvalue weighted by Gasteiger charge is -1.96. The molecule has 1 heterocycles. The van der Waals surface area contributed by atoms with Crippen molar-refractivity contribution in [3.63, 3.8) is 0 Å². The lowest BCUT2D eigenvalue weighted by Crippen LogP contribution is -1.92. The first-order valence-corrected chi connectivity index (χ1v) is 5.49. The first-order chi connectivity index (χ1) is 5.22. The van der Waals surface area contributed by atoms with Gasteiger partial charge >= 0.3 is 0 Å². The van der Waals surface area contributed by atoms with Gasteiger partial charge in [-0.25, -0.2) is 0 Å². The molecule has 0 N–H and O–H groups in total. The molecule has 0 atom stereocenters. The molecule has 6 heteroatoms. The van der Waals surface area contributed by atoms with Crippen LogP contribution in [0.1, 0.15) is 6.92 Å². The molecule has 0 radical (unpaired) electrons.